The third-order valence-electron chi connectivity index (χ3n) is 3.87. The summed E-state index contributed by atoms with van der Waals surface area (Å²) >= 11 is 0. The van der Waals surface area contributed by atoms with Crippen molar-refractivity contribution in [1.82, 2.24) is 5.32 Å². The average Bonchev–Trinajstić information content (AvgIpc) is 3.04. The average molecular weight is 251 g/mol. The van der Waals surface area contributed by atoms with Crippen LogP contribution in [0, 0.1) is 5.92 Å². The van der Waals surface area contributed by atoms with Crippen molar-refractivity contribution >= 4 is 0 Å². The molecule has 0 bridgehead atoms. The van der Waals surface area contributed by atoms with Gasteiger partial charge in [-0.15, -0.1) is 0 Å². The van der Waals surface area contributed by atoms with E-state index in [2.05, 4.69) is 25.2 Å². The minimum Gasteiger partial charge on any atom is -0.472 e. The van der Waals surface area contributed by atoms with Crippen LogP contribution in [0.4, 0.5) is 0 Å². The fourth-order valence-corrected chi connectivity index (χ4v) is 2.91. The number of hydrogen-bond acceptors (Lipinski definition) is 3. The van der Waals surface area contributed by atoms with Crippen LogP contribution in [0.25, 0.3) is 0 Å². The van der Waals surface area contributed by atoms with E-state index in [1.165, 1.54) is 18.4 Å². The molecule has 3 unspecified atom stereocenters. The van der Waals surface area contributed by atoms with E-state index >= 15 is 0 Å². The van der Waals surface area contributed by atoms with Crippen LogP contribution in [-0.2, 0) is 11.2 Å². The van der Waals surface area contributed by atoms with E-state index in [1.807, 2.05) is 6.26 Å². The summed E-state index contributed by atoms with van der Waals surface area (Å²) in [6.45, 7) is 6.43. The quantitative estimate of drug-likeness (QED) is 0.809. The molecule has 0 amide bonds. The molecule has 1 aromatic heterocycles. The van der Waals surface area contributed by atoms with Gasteiger partial charge in [-0.25, -0.2) is 0 Å². The number of furan rings is 1. The molecule has 18 heavy (non-hydrogen) atoms. The summed E-state index contributed by atoms with van der Waals surface area (Å²) in [5.41, 5.74) is 1.28. The highest BCUT2D eigenvalue weighted by atomic mass is 16.5. The summed E-state index contributed by atoms with van der Waals surface area (Å²) in [6, 6.07) is 2.58. The van der Waals surface area contributed by atoms with Gasteiger partial charge in [0.15, 0.2) is 0 Å². The SMILES string of the molecule is CCCNC(Cc1ccoc1)C1CCOC1CC. The van der Waals surface area contributed by atoms with Crippen molar-refractivity contribution in [2.24, 2.45) is 5.92 Å². The predicted molar refractivity (Wildman–Crippen MR) is 72.6 cm³/mol. The summed E-state index contributed by atoms with van der Waals surface area (Å²) in [7, 11) is 0. The van der Waals surface area contributed by atoms with Crippen LogP contribution in [-0.4, -0.2) is 25.3 Å². The zero-order valence-corrected chi connectivity index (χ0v) is 11.5. The maximum Gasteiger partial charge on any atom is 0.0935 e. The summed E-state index contributed by atoms with van der Waals surface area (Å²) in [4.78, 5) is 0. The predicted octanol–water partition coefficient (Wildman–Crippen LogP) is 3.01. The van der Waals surface area contributed by atoms with Crippen molar-refractivity contribution in [3.8, 4) is 0 Å². The largest absolute Gasteiger partial charge is 0.472 e. The highest BCUT2D eigenvalue weighted by Gasteiger charge is 2.33. The highest BCUT2D eigenvalue weighted by Crippen LogP contribution is 2.28. The molecular formula is C15H25NO2. The lowest BCUT2D eigenvalue weighted by atomic mass is 9.87. The Hall–Kier alpha value is -0.800. The molecule has 0 aromatic carbocycles. The molecule has 0 aliphatic carbocycles. The van der Waals surface area contributed by atoms with Gasteiger partial charge in [0.1, 0.15) is 0 Å². The molecule has 1 saturated heterocycles. The van der Waals surface area contributed by atoms with Crippen molar-refractivity contribution in [2.45, 2.75) is 51.7 Å². The molecule has 1 aliphatic heterocycles. The van der Waals surface area contributed by atoms with Gasteiger partial charge < -0.3 is 14.5 Å². The maximum atomic E-state index is 5.83. The van der Waals surface area contributed by atoms with Crippen molar-refractivity contribution in [3.63, 3.8) is 0 Å². The van der Waals surface area contributed by atoms with Crippen LogP contribution in [0.3, 0.4) is 0 Å². The Morgan fingerprint density at radius 2 is 2.33 bits per heavy atom. The number of ether oxygens (including phenoxy) is 1. The third-order valence-corrected chi connectivity index (χ3v) is 3.87. The first-order valence-corrected chi connectivity index (χ1v) is 7.21. The molecule has 0 spiro atoms. The van der Waals surface area contributed by atoms with Crippen LogP contribution in [0.2, 0.25) is 0 Å². The molecule has 2 rings (SSSR count). The second-order valence-corrected chi connectivity index (χ2v) is 5.17. The van der Waals surface area contributed by atoms with Crippen molar-refractivity contribution in [2.75, 3.05) is 13.2 Å². The Balaban J connectivity index is 1.99. The molecule has 0 radical (unpaired) electrons. The molecule has 0 saturated carbocycles. The smallest absolute Gasteiger partial charge is 0.0935 e. The Morgan fingerprint density at radius 3 is 3.00 bits per heavy atom. The summed E-state index contributed by atoms with van der Waals surface area (Å²) in [5.74, 6) is 0.636. The normalized spacial score (nSPS) is 25.4. The van der Waals surface area contributed by atoms with E-state index in [4.69, 9.17) is 9.15 Å². The zero-order valence-electron chi connectivity index (χ0n) is 11.5. The number of nitrogens with one attached hydrogen (secondary N) is 1. The van der Waals surface area contributed by atoms with Gasteiger partial charge in [-0.2, -0.15) is 0 Å². The van der Waals surface area contributed by atoms with Crippen LogP contribution in [0.15, 0.2) is 23.0 Å². The molecule has 102 valence electrons. The summed E-state index contributed by atoms with van der Waals surface area (Å²) in [5, 5.41) is 3.69. The maximum absolute atomic E-state index is 5.83. The van der Waals surface area contributed by atoms with E-state index in [0.717, 1.165) is 26.0 Å². The van der Waals surface area contributed by atoms with E-state index in [1.54, 1.807) is 6.26 Å². The lowest BCUT2D eigenvalue weighted by molar-refractivity contribution is 0.0774. The van der Waals surface area contributed by atoms with E-state index in [-0.39, 0.29) is 0 Å². The van der Waals surface area contributed by atoms with Crippen LogP contribution in [0.5, 0.6) is 0 Å². The lowest BCUT2D eigenvalue weighted by Gasteiger charge is -2.28. The highest BCUT2D eigenvalue weighted by molar-refractivity contribution is 5.08. The molecule has 3 atom stereocenters. The van der Waals surface area contributed by atoms with Gasteiger partial charge >= 0.3 is 0 Å². The molecule has 1 aliphatic rings. The fraction of sp³-hybridized carbons (Fsp3) is 0.733. The molecule has 3 heteroatoms. The molecule has 3 nitrogen and oxygen atoms in total. The number of hydrogen-bond donors (Lipinski definition) is 1. The second kappa shape index (κ2) is 6.95. The zero-order chi connectivity index (χ0) is 12.8. The molecule has 1 fully saturated rings. The van der Waals surface area contributed by atoms with E-state index in [0.29, 0.717) is 18.1 Å². The Kier molecular flexibility index (Phi) is 5.26. The van der Waals surface area contributed by atoms with Gasteiger partial charge in [0, 0.05) is 18.6 Å². The lowest BCUT2D eigenvalue weighted by Crippen LogP contribution is -2.41. The summed E-state index contributed by atoms with van der Waals surface area (Å²) in [6.07, 6.45) is 8.54. The minimum absolute atomic E-state index is 0.422. The molecule has 1 N–H and O–H groups in total. The van der Waals surface area contributed by atoms with Gasteiger partial charge in [0.05, 0.1) is 18.6 Å². The Labute approximate surface area is 110 Å². The van der Waals surface area contributed by atoms with Crippen LogP contribution >= 0.6 is 0 Å². The Morgan fingerprint density at radius 1 is 1.44 bits per heavy atom. The van der Waals surface area contributed by atoms with Gasteiger partial charge in [-0.05, 0) is 43.9 Å². The fourth-order valence-electron chi connectivity index (χ4n) is 2.91. The molecule has 1 aromatic rings. The standard InChI is InChI=1S/C15H25NO2/c1-3-7-16-14(10-12-5-8-17-11-12)13-6-9-18-15(13)4-2/h5,8,11,13-16H,3-4,6-7,9-10H2,1-2H3. The number of rotatable bonds is 7. The van der Waals surface area contributed by atoms with Gasteiger partial charge in [-0.1, -0.05) is 13.8 Å². The molecule has 2 heterocycles. The second-order valence-electron chi connectivity index (χ2n) is 5.17. The molecular weight excluding hydrogens is 226 g/mol. The minimum atomic E-state index is 0.422. The van der Waals surface area contributed by atoms with Crippen molar-refractivity contribution in [1.29, 1.82) is 0 Å². The third kappa shape index (κ3) is 3.36. The first-order chi connectivity index (χ1) is 8.85. The van der Waals surface area contributed by atoms with Crippen molar-refractivity contribution < 1.29 is 9.15 Å². The van der Waals surface area contributed by atoms with Crippen molar-refractivity contribution in [3.05, 3.63) is 24.2 Å². The first kappa shape index (κ1) is 13.6. The monoisotopic (exact) mass is 251 g/mol. The van der Waals surface area contributed by atoms with Gasteiger partial charge in [-0.3, -0.25) is 0 Å². The van der Waals surface area contributed by atoms with Crippen LogP contribution in [0.1, 0.15) is 38.7 Å². The Bertz CT molecular complexity index is 323. The van der Waals surface area contributed by atoms with Gasteiger partial charge in [0.25, 0.3) is 0 Å². The summed E-state index contributed by atoms with van der Waals surface area (Å²) < 4.78 is 11.0. The van der Waals surface area contributed by atoms with E-state index < -0.39 is 0 Å². The van der Waals surface area contributed by atoms with Gasteiger partial charge in [0.2, 0.25) is 0 Å². The van der Waals surface area contributed by atoms with Crippen LogP contribution < -0.4 is 5.32 Å². The first-order valence-electron chi connectivity index (χ1n) is 7.21. The van der Waals surface area contributed by atoms with E-state index in [9.17, 15) is 0 Å². The topological polar surface area (TPSA) is 34.4 Å².